The third-order valence-electron chi connectivity index (χ3n) is 8.01. The summed E-state index contributed by atoms with van der Waals surface area (Å²) in [5, 5.41) is 2.80. The van der Waals surface area contributed by atoms with Crippen LogP contribution in [0.1, 0.15) is 40.9 Å². The first-order chi connectivity index (χ1) is 20.2. The topological polar surface area (TPSA) is 53.4 Å². The fourth-order valence-corrected chi connectivity index (χ4v) is 5.61. The molecule has 0 unspecified atom stereocenters. The minimum atomic E-state index is -4.39. The smallest absolute Gasteiger partial charge is 0.341 e. The van der Waals surface area contributed by atoms with E-state index in [1.807, 2.05) is 72.5 Å². The number of rotatable bonds is 8. The van der Waals surface area contributed by atoms with Gasteiger partial charge >= 0.3 is 12.2 Å². The summed E-state index contributed by atoms with van der Waals surface area (Å²) in [6.45, 7) is 5.41. The fourth-order valence-electron chi connectivity index (χ4n) is 5.61. The zero-order valence-corrected chi connectivity index (χ0v) is 23.9. The normalized spacial score (nSPS) is 14.6. The van der Waals surface area contributed by atoms with Gasteiger partial charge in [-0.2, -0.15) is 13.2 Å². The molecule has 0 atom stereocenters. The minimum Gasteiger partial charge on any atom is -0.341 e. The molecule has 0 spiro atoms. The van der Waals surface area contributed by atoms with E-state index in [9.17, 15) is 18.0 Å². The molecular weight excluding hydrogens is 539 g/mol. The highest BCUT2D eigenvalue weighted by molar-refractivity contribution is 5.74. The van der Waals surface area contributed by atoms with Gasteiger partial charge in [-0.15, -0.1) is 0 Å². The molecule has 9 heteroatoms. The van der Waals surface area contributed by atoms with Crippen molar-refractivity contribution in [3.8, 4) is 11.4 Å². The molecule has 3 aromatic carbocycles. The SMILES string of the molecule is CNC(=O)N(Cc1ccccc1)C1CCN(Cc2nc(-c3ccc(C(F)(F)F)cc3)n(Cc3ccccc3)c2C)CC1. The number of amides is 2. The van der Waals surface area contributed by atoms with Gasteiger partial charge in [0.05, 0.1) is 11.3 Å². The molecule has 0 bridgehead atoms. The summed E-state index contributed by atoms with van der Waals surface area (Å²) in [6, 6.07) is 25.3. The van der Waals surface area contributed by atoms with Crippen molar-refractivity contribution in [3.63, 3.8) is 0 Å². The van der Waals surface area contributed by atoms with Crippen molar-refractivity contribution < 1.29 is 18.0 Å². The molecule has 2 heterocycles. The summed E-state index contributed by atoms with van der Waals surface area (Å²) in [5.74, 6) is 0.656. The van der Waals surface area contributed by atoms with Crippen molar-refractivity contribution in [2.45, 2.75) is 51.6 Å². The first-order valence-corrected chi connectivity index (χ1v) is 14.2. The van der Waals surface area contributed by atoms with Gasteiger partial charge in [0, 0.05) is 57.1 Å². The van der Waals surface area contributed by atoms with Crippen LogP contribution in [0.25, 0.3) is 11.4 Å². The highest BCUT2D eigenvalue weighted by Gasteiger charge is 2.31. The van der Waals surface area contributed by atoms with Gasteiger partial charge in [0.1, 0.15) is 5.82 Å². The van der Waals surface area contributed by atoms with Crippen LogP contribution in [0, 0.1) is 6.92 Å². The molecule has 1 aromatic heterocycles. The van der Waals surface area contributed by atoms with Crippen molar-refractivity contribution in [1.29, 1.82) is 0 Å². The number of benzene rings is 3. The second-order valence-corrected chi connectivity index (χ2v) is 10.8. The number of carbonyl (C=O) groups excluding carboxylic acids is 1. The van der Waals surface area contributed by atoms with Crippen molar-refractivity contribution >= 4 is 6.03 Å². The summed E-state index contributed by atoms with van der Waals surface area (Å²) < 4.78 is 41.7. The zero-order valence-electron chi connectivity index (χ0n) is 23.9. The Morgan fingerprint density at radius 1 is 0.905 bits per heavy atom. The Bertz CT molecular complexity index is 1460. The number of alkyl halides is 3. The largest absolute Gasteiger partial charge is 0.416 e. The van der Waals surface area contributed by atoms with Crippen molar-refractivity contribution in [2.75, 3.05) is 20.1 Å². The number of piperidine rings is 1. The van der Waals surface area contributed by atoms with Crippen molar-refractivity contribution in [1.82, 2.24) is 24.7 Å². The molecule has 0 radical (unpaired) electrons. The minimum absolute atomic E-state index is 0.0750. The number of imidazole rings is 1. The van der Waals surface area contributed by atoms with E-state index in [2.05, 4.69) is 14.8 Å². The fraction of sp³-hybridized carbons (Fsp3) is 0.333. The third-order valence-corrected chi connectivity index (χ3v) is 8.01. The van der Waals surface area contributed by atoms with Crippen LogP contribution in [0.15, 0.2) is 84.9 Å². The summed E-state index contributed by atoms with van der Waals surface area (Å²) in [7, 11) is 1.66. The Hall–Kier alpha value is -4.11. The Kier molecular flexibility index (Phi) is 8.97. The van der Waals surface area contributed by atoms with Crippen LogP contribution in [0.3, 0.4) is 0 Å². The molecule has 1 saturated heterocycles. The highest BCUT2D eigenvalue weighted by atomic mass is 19.4. The van der Waals surface area contributed by atoms with Gasteiger partial charge < -0.3 is 14.8 Å². The van der Waals surface area contributed by atoms with Gasteiger partial charge in [0.25, 0.3) is 0 Å². The molecule has 1 fully saturated rings. The molecular formula is C33H36F3N5O. The van der Waals surface area contributed by atoms with Crippen molar-refractivity contribution in [2.24, 2.45) is 0 Å². The molecule has 1 N–H and O–H groups in total. The van der Waals surface area contributed by atoms with E-state index in [0.29, 0.717) is 31.0 Å². The molecule has 2 amide bonds. The number of halogens is 3. The number of urea groups is 1. The lowest BCUT2D eigenvalue weighted by atomic mass is 10.0. The average molecular weight is 576 g/mol. The van der Waals surface area contributed by atoms with Gasteiger partial charge in [0.2, 0.25) is 0 Å². The second-order valence-electron chi connectivity index (χ2n) is 10.8. The monoisotopic (exact) mass is 575 g/mol. The van der Waals surface area contributed by atoms with Gasteiger partial charge in [-0.05, 0) is 43.0 Å². The maximum atomic E-state index is 13.2. The quantitative estimate of drug-likeness (QED) is 0.254. The van der Waals surface area contributed by atoms with E-state index in [4.69, 9.17) is 4.98 Å². The lowest BCUT2D eigenvalue weighted by molar-refractivity contribution is -0.137. The molecule has 6 nitrogen and oxygen atoms in total. The molecule has 1 aliphatic heterocycles. The number of aromatic nitrogens is 2. The zero-order chi connectivity index (χ0) is 29.7. The molecule has 42 heavy (non-hydrogen) atoms. The van der Waals surface area contributed by atoms with Crippen LogP contribution in [0.2, 0.25) is 0 Å². The van der Waals surface area contributed by atoms with E-state index in [1.165, 1.54) is 12.1 Å². The van der Waals surface area contributed by atoms with E-state index in [1.54, 1.807) is 7.05 Å². The molecule has 0 saturated carbocycles. The molecule has 4 aromatic rings. The Morgan fingerprint density at radius 3 is 2.07 bits per heavy atom. The second kappa shape index (κ2) is 12.8. The van der Waals surface area contributed by atoms with Crippen LogP contribution in [0.4, 0.5) is 18.0 Å². The first kappa shape index (κ1) is 29.4. The summed E-state index contributed by atoms with van der Waals surface area (Å²) in [6.07, 6.45) is -2.70. The van der Waals surface area contributed by atoms with E-state index in [-0.39, 0.29) is 12.1 Å². The predicted octanol–water partition coefficient (Wildman–Crippen LogP) is 6.73. The van der Waals surface area contributed by atoms with Crippen LogP contribution < -0.4 is 5.32 Å². The number of carbonyl (C=O) groups is 1. The van der Waals surface area contributed by atoms with Gasteiger partial charge in [-0.3, -0.25) is 4.90 Å². The number of hydrogen-bond acceptors (Lipinski definition) is 3. The number of nitrogens with zero attached hydrogens (tertiary/aromatic N) is 4. The lowest BCUT2D eigenvalue weighted by Gasteiger charge is -2.38. The predicted molar refractivity (Wildman–Crippen MR) is 158 cm³/mol. The third kappa shape index (κ3) is 6.85. The maximum absolute atomic E-state index is 13.2. The Balaban J connectivity index is 1.34. The number of likely N-dealkylation sites (tertiary alicyclic amines) is 1. The van der Waals surface area contributed by atoms with Crippen LogP contribution >= 0.6 is 0 Å². The summed E-state index contributed by atoms with van der Waals surface area (Å²) in [4.78, 5) is 22.0. The number of hydrogen-bond donors (Lipinski definition) is 1. The van der Waals surface area contributed by atoms with Crippen LogP contribution in [0.5, 0.6) is 0 Å². The Morgan fingerprint density at radius 2 is 1.50 bits per heavy atom. The van der Waals surface area contributed by atoms with Gasteiger partial charge in [-0.1, -0.05) is 72.8 Å². The summed E-state index contributed by atoms with van der Waals surface area (Å²) >= 11 is 0. The van der Waals surface area contributed by atoms with Gasteiger partial charge in [-0.25, -0.2) is 9.78 Å². The van der Waals surface area contributed by atoms with Crippen LogP contribution in [-0.4, -0.2) is 51.6 Å². The van der Waals surface area contributed by atoms with E-state index < -0.39 is 11.7 Å². The molecule has 220 valence electrons. The lowest BCUT2D eigenvalue weighted by Crippen LogP contribution is -2.49. The highest BCUT2D eigenvalue weighted by Crippen LogP contribution is 2.32. The van der Waals surface area contributed by atoms with E-state index >= 15 is 0 Å². The van der Waals surface area contributed by atoms with Crippen LogP contribution in [-0.2, 0) is 25.8 Å². The van der Waals surface area contributed by atoms with E-state index in [0.717, 1.165) is 60.6 Å². The molecule has 0 aliphatic carbocycles. The Labute approximate surface area is 244 Å². The standard InChI is InChI=1S/C33H36F3N5O/c1-24-30(23-39-19-17-29(18-20-39)41(32(42)37-2)22-26-11-7-4-8-12-26)38-31(40(24)21-25-9-5-3-6-10-25)27-13-15-28(16-14-27)33(34,35)36/h3-16,29H,17-23H2,1-2H3,(H,37,42). The average Bonchev–Trinajstić information content (AvgIpc) is 3.30. The van der Waals surface area contributed by atoms with Crippen molar-refractivity contribution in [3.05, 3.63) is 113 Å². The molecule has 5 rings (SSSR count). The van der Waals surface area contributed by atoms with Gasteiger partial charge in [0.15, 0.2) is 0 Å². The molecule has 1 aliphatic rings. The summed E-state index contributed by atoms with van der Waals surface area (Å²) in [5.41, 5.74) is 4.06. The number of nitrogens with one attached hydrogen (secondary N) is 1. The maximum Gasteiger partial charge on any atom is 0.416 e. The first-order valence-electron chi connectivity index (χ1n) is 14.2.